The molecule has 0 aliphatic carbocycles. The minimum atomic E-state index is -1.15. The molecule has 0 fully saturated rings. The highest BCUT2D eigenvalue weighted by Gasteiger charge is 2.21. The Morgan fingerprint density at radius 1 is 1.36 bits per heavy atom. The van der Waals surface area contributed by atoms with Gasteiger partial charge < -0.3 is 15.2 Å². The van der Waals surface area contributed by atoms with Crippen LogP contribution in [-0.2, 0) is 9.59 Å². The Morgan fingerprint density at radius 3 is 2.84 bits per heavy atom. The number of benzene rings is 1. The number of para-hydroxylation sites is 1. The third kappa shape index (κ3) is 5.06. The van der Waals surface area contributed by atoms with Crippen LogP contribution in [0.5, 0.6) is 0 Å². The molecule has 1 N–H and O–H groups in total. The standard InChI is InChI=1S/C17H21N3O4S/c1-25-10-8-14(16(23)18-9-4-7-15(21)22)20-11-19-13-6-3-2-5-12(13)17(20)24/h2-3,5-6,11,14H,4,7-10H2,1H3,(H,18,23)(H,21,22)/p-1/t14-/m1/s1. The van der Waals surface area contributed by atoms with E-state index in [1.54, 1.807) is 36.0 Å². The smallest absolute Gasteiger partial charge is 0.261 e. The first-order chi connectivity index (χ1) is 12.0. The van der Waals surface area contributed by atoms with Gasteiger partial charge in [0.15, 0.2) is 0 Å². The molecule has 134 valence electrons. The van der Waals surface area contributed by atoms with Crippen LogP contribution < -0.4 is 16.0 Å². The number of fused-ring (bicyclic) bond motifs is 1. The van der Waals surface area contributed by atoms with Gasteiger partial charge in [-0.05, 0) is 43.4 Å². The van der Waals surface area contributed by atoms with E-state index < -0.39 is 12.0 Å². The minimum absolute atomic E-state index is 0.118. The van der Waals surface area contributed by atoms with Crippen LogP contribution in [0.3, 0.4) is 0 Å². The number of carbonyl (C=O) groups is 2. The van der Waals surface area contributed by atoms with Gasteiger partial charge in [-0.25, -0.2) is 4.98 Å². The maximum absolute atomic E-state index is 12.7. The fourth-order valence-electron chi connectivity index (χ4n) is 2.49. The molecule has 1 amide bonds. The van der Waals surface area contributed by atoms with Crippen molar-refractivity contribution in [2.24, 2.45) is 0 Å². The largest absolute Gasteiger partial charge is 0.550 e. The van der Waals surface area contributed by atoms with Gasteiger partial charge in [0, 0.05) is 12.5 Å². The summed E-state index contributed by atoms with van der Waals surface area (Å²) in [7, 11) is 0. The molecule has 8 heteroatoms. The first-order valence-corrected chi connectivity index (χ1v) is 9.36. The van der Waals surface area contributed by atoms with E-state index >= 15 is 0 Å². The van der Waals surface area contributed by atoms with Gasteiger partial charge in [-0.15, -0.1) is 0 Å². The van der Waals surface area contributed by atoms with Crippen molar-refractivity contribution in [3.8, 4) is 0 Å². The number of carboxylic acid groups (broad SMARTS) is 1. The number of rotatable bonds is 9. The summed E-state index contributed by atoms with van der Waals surface area (Å²) < 4.78 is 1.35. The highest BCUT2D eigenvalue weighted by Crippen LogP contribution is 2.15. The second kappa shape index (κ2) is 9.22. The first-order valence-electron chi connectivity index (χ1n) is 7.97. The van der Waals surface area contributed by atoms with Gasteiger partial charge >= 0.3 is 0 Å². The number of aliphatic carboxylic acids is 1. The predicted octanol–water partition coefficient (Wildman–Crippen LogP) is 0.337. The second-order valence-electron chi connectivity index (χ2n) is 5.54. The zero-order chi connectivity index (χ0) is 18.2. The zero-order valence-corrected chi connectivity index (χ0v) is 14.8. The Kier molecular flexibility index (Phi) is 7.00. The van der Waals surface area contributed by atoms with Crippen LogP contribution in [0.15, 0.2) is 35.4 Å². The monoisotopic (exact) mass is 362 g/mol. The van der Waals surface area contributed by atoms with Crippen molar-refractivity contribution in [1.29, 1.82) is 0 Å². The van der Waals surface area contributed by atoms with Gasteiger partial charge in [-0.1, -0.05) is 12.1 Å². The Morgan fingerprint density at radius 2 is 2.12 bits per heavy atom. The van der Waals surface area contributed by atoms with E-state index in [-0.39, 0.29) is 30.9 Å². The van der Waals surface area contributed by atoms with E-state index in [1.165, 1.54) is 10.9 Å². The van der Waals surface area contributed by atoms with E-state index in [9.17, 15) is 19.5 Å². The normalized spacial score (nSPS) is 12.0. The molecule has 0 saturated carbocycles. The Bertz CT molecular complexity index is 806. The fraction of sp³-hybridized carbons (Fsp3) is 0.412. The first kappa shape index (κ1) is 19.0. The van der Waals surface area contributed by atoms with Crippen molar-refractivity contribution >= 4 is 34.5 Å². The molecule has 1 aromatic carbocycles. The summed E-state index contributed by atoms with van der Waals surface area (Å²) in [6.07, 6.45) is 3.97. The van der Waals surface area contributed by atoms with Gasteiger partial charge in [0.25, 0.3) is 5.56 Å². The number of hydrogen-bond donors (Lipinski definition) is 1. The van der Waals surface area contributed by atoms with Crippen LogP contribution in [0.4, 0.5) is 0 Å². The van der Waals surface area contributed by atoms with Crippen LogP contribution in [0.25, 0.3) is 10.9 Å². The summed E-state index contributed by atoms with van der Waals surface area (Å²) in [5, 5.41) is 13.6. The second-order valence-corrected chi connectivity index (χ2v) is 6.52. The highest BCUT2D eigenvalue weighted by molar-refractivity contribution is 7.98. The predicted molar refractivity (Wildman–Crippen MR) is 95.3 cm³/mol. The fourth-order valence-corrected chi connectivity index (χ4v) is 2.95. The van der Waals surface area contributed by atoms with Gasteiger partial charge in [0.2, 0.25) is 5.91 Å². The average molecular weight is 362 g/mol. The molecule has 2 rings (SSSR count). The summed E-state index contributed by atoms with van der Waals surface area (Å²) in [6.45, 7) is 0.221. The summed E-state index contributed by atoms with van der Waals surface area (Å²) >= 11 is 1.58. The molecule has 0 aliphatic heterocycles. The average Bonchev–Trinajstić information content (AvgIpc) is 2.60. The number of carboxylic acids is 1. The van der Waals surface area contributed by atoms with Crippen molar-refractivity contribution in [2.45, 2.75) is 25.3 Å². The van der Waals surface area contributed by atoms with Gasteiger partial charge in [0.05, 0.1) is 17.2 Å². The Hall–Kier alpha value is -2.35. The molecule has 1 heterocycles. The van der Waals surface area contributed by atoms with Crippen LogP contribution in [0.2, 0.25) is 0 Å². The Balaban J connectivity index is 2.21. The summed E-state index contributed by atoms with van der Waals surface area (Å²) in [4.78, 5) is 39.9. The number of amides is 1. The number of nitrogens with zero attached hydrogens (tertiary/aromatic N) is 2. The topological polar surface area (TPSA) is 104 Å². The lowest BCUT2D eigenvalue weighted by Crippen LogP contribution is -2.38. The van der Waals surface area contributed by atoms with Crippen LogP contribution in [0.1, 0.15) is 25.3 Å². The highest BCUT2D eigenvalue weighted by atomic mass is 32.2. The van der Waals surface area contributed by atoms with E-state index in [0.29, 0.717) is 23.1 Å². The summed E-state index contributed by atoms with van der Waals surface area (Å²) in [6, 6.07) is 6.31. The molecule has 1 atom stereocenters. The summed E-state index contributed by atoms with van der Waals surface area (Å²) in [5.74, 6) is -0.758. The van der Waals surface area contributed by atoms with Gasteiger partial charge in [-0.3, -0.25) is 14.2 Å². The summed E-state index contributed by atoms with van der Waals surface area (Å²) in [5.41, 5.74) is 0.323. The lowest BCUT2D eigenvalue weighted by molar-refractivity contribution is -0.305. The minimum Gasteiger partial charge on any atom is -0.550 e. The number of nitrogens with one attached hydrogen (secondary N) is 1. The molecule has 1 aromatic heterocycles. The van der Waals surface area contributed by atoms with Crippen molar-refractivity contribution in [2.75, 3.05) is 18.6 Å². The quantitative estimate of drug-likeness (QED) is 0.645. The number of hydrogen-bond acceptors (Lipinski definition) is 6. The molecular formula is C17H20N3O4S-. The van der Waals surface area contributed by atoms with Crippen molar-refractivity contribution < 1.29 is 14.7 Å². The molecular weight excluding hydrogens is 342 g/mol. The third-order valence-corrected chi connectivity index (χ3v) is 4.42. The molecule has 0 bridgehead atoms. The number of aromatic nitrogens is 2. The van der Waals surface area contributed by atoms with Gasteiger partial charge in [0.1, 0.15) is 6.04 Å². The molecule has 0 radical (unpaired) electrons. The van der Waals surface area contributed by atoms with Gasteiger partial charge in [-0.2, -0.15) is 11.8 Å². The lowest BCUT2D eigenvalue weighted by Gasteiger charge is -2.19. The van der Waals surface area contributed by atoms with E-state index in [0.717, 1.165) is 0 Å². The molecule has 2 aromatic rings. The molecule has 0 saturated heterocycles. The molecule has 7 nitrogen and oxygen atoms in total. The number of thioether (sulfide) groups is 1. The third-order valence-electron chi connectivity index (χ3n) is 3.78. The van der Waals surface area contributed by atoms with Crippen molar-refractivity contribution in [1.82, 2.24) is 14.9 Å². The SMILES string of the molecule is CSCC[C@H](C(=O)NCCCC(=O)[O-])n1cnc2ccccc2c1=O. The molecule has 0 aliphatic rings. The molecule has 25 heavy (non-hydrogen) atoms. The van der Waals surface area contributed by atoms with E-state index in [2.05, 4.69) is 10.3 Å². The molecule has 0 spiro atoms. The maximum Gasteiger partial charge on any atom is 0.261 e. The van der Waals surface area contributed by atoms with Crippen molar-refractivity contribution in [3.63, 3.8) is 0 Å². The van der Waals surface area contributed by atoms with E-state index in [1.807, 2.05) is 6.26 Å². The van der Waals surface area contributed by atoms with E-state index in [4.69, 9.17) is 0 Å². The van der Waals surface area contributed by atoms with Crippen LogP contribution >= 0.6 is 11.8 Å². The molecule has 0 unspecified atom stereocenters. The number of carbonyl (C=O) groups excluding carboxylic acids is 2. The van der Waals surface area contributed by atoms with Crippen LogP contribution in [0, 0.1) is 0 Å². The maximum atomic E-state index is 12.7. The Labute approximate surface area is 149 Å². The lowest BCUT2D eigenvalue weighted by atomic mass is 10.1. The van der Waals surface area contributed by atoms with Crippen molar-refractivity contribution in [3.05, 3.63) is 40.9 Å². The zero-order valence-electron chi connectivity index (χ0n) is 13.9. The van der Waals surface area contributed by atoms with Crippen LogP contribution in [-0.4, -0.2) is 40.0 Å².